The van der Waals surface area contributed by atoms with Crippen LogP contribution in [0.3, 0.4) is 0 Å². The largest absolute Gasteiger partial charge is 0.506 e. The lowest BCUT2D eigenvalue weighted by atomic mass is 10.2. The molecule has 1 aromatic heterocycles. The number of aromatic amines is 2. The number of aryl methyl sites for hydroxylation is 1. The minimum absolute atomic E-state index is 0.0478. The molecule has 0 saturated heterocycles. The third kappa shape index (κ3) is 1.19. The number of phenols is 1. The lowest BCUT2D eigenvalue weighted by Gasteiger charge is -2.01. The van der Waals surface area contributed by atoms with E-state index < -0.39 is 11.1 Å². The summed E-state index contributed by atoms with van der Waals surface area (Å²) in [6.07, 6.45) is 0. The van der Waals surface area contributed by atoms with Crippen LogP contribution in [-0.2, 0) is 0 Å². The number of benzene rings is 1. The molecule has 0 fully saturated rings. The fourth-order valence-corrected chi connectivity index (χ4v) is 1.35. The minimum atomic E-state index is -0.767. The summed E-state index contributed by atoms with van der Waals surface area (Å²) in [4.78, 5) is 26.6. The van der Waals surface area contributed by atoms with Crippen LogP contribution in [0.1, 0.15) is 5.56 Å². The first-order valence-electron chi connectivity index (χ1n) is 4.04. The molecule has 0 unspecified atom stereocenters. The predicted octanol–water partition coefficient (Wildman–Crippen LogP) is 0.230. The molecule has 2 aromatic rings. The number of hydrogen-bond donors (Lipinski definition) is 3. The second kappa shape index (κ2) is 2.73. The van der Waals surface area contributed by atoms with Gasteiger partial charge in [-0.1, -0.05) is 0 Å². The van der Waals surface area contributed by atoms with E-state index >= 15 is 0 Å². The van der Waals surface area contributed by atoms with E-state index in [-0.39, 0.29) is 11.3 Å². The quantitative estimate of drug-likeness (QED) is 0.522. The van der Waals surface area contributed by atoms with Crippen LogP contribution in [0.4, 0.5) is 0 Å². The molecule has 0 saturated carbocycles. The van der Waals surface area contributed by atoms with Crippen molar-refractivity contribution in [2.45, 2.75) is 6.92 Å². The first kappa shape index (κ1) is 8.55. The van der Waals surface area contributed by atoms with Gasteiger partial charge in [-0.3, -0.25) is 9.59 Å². The van der Waals surface area contributed by atoms with Crippen molar-refractivity contribution in [2.75, 3.05) is 0 Å². The summed E-state index contributed by atoms with van der Waals surface area (Å²) in [6.45, 7) is 1.78. The van der Waals surface area contributed by atoms with Crippen molar-refractivity contribution in [2.24, 2.45) is 0 Å². The summed E-state index contributed by atoms with van der Waals surface area (Å²) in [5.74, 6) is -0.0478. The summed E-state index contributed by atoms with van der Waals surface area (Å²) in [7, 11) is 0. The summed E-state index contributed by atoms with van der Waals surface area (Å²) < 4.78 is 0. The minimum Gasteiger partial charge on any atom is -0.506 e. The number of H-pyrrole nitrogens is 2. The van der Waals surface area contributed by atoms with Gasteiger partial charge in [0.05, 0.1) is 5.52 Å². The third-order valence-electron chi connectivity index (χ3n) is 1.95. The highest BCUT2D eigenvalue weighted by Crippen LogP contribution is 2.20. The van der Waals surface area contributed by atoms with E-state index in [1.165, 1.54) is 6.07 Å². The van der Waals surface area contributed by atoms with E-state index in [2.05, 4.69) is 9.97 Å². The molecule has 72 valence electrons. The smallest absolute Gasteiger partial charge is 0.314 e. The first-order chi connectivity index (χ1) is 6.58. The monoisotopic (exact) mass is 192 g/mol. The van der Waals surface area contributed by atoms with Gasteiger partial charge in [-0.05, 0) is 24.6 Å². The van der Waals surface area contributed by atoms with E-state index in [0.717, 1.165) is 5.56 Å². The Morgan fingerprint density at radius 3 is 2.50 bits per heavy atom. The molecule has 5 heteroatoms. The average molecular weight is 192 g/mol. The molecule has 0 amide bonds. The molecule has 5 nitrogen and oxygen atoms in total. The van der Waals surface area contributed by atoms with E-state index in [4.69, 9.17) is 0 Å². The third-order valence-corrected chi connectivity index (χ3v) is 1.95. The average Bonchev–Trinajstić information content (AvgIpc) is 2.08. The second-order valence-corrected chi connectivity index (χ2v) is 3.11. The van der Waals surface area contributed by atoms with Crippen molar-refractivity contribution in [3.63, 3.8) is 0 Å². The van der Waals surface area contributed by atoms with Crippen molar-refractivity contribution >= 4 is 11.0 Å². The number of phenolic OH excluding ortho intramolecular Hbond substituents is 1. The highest BCUT2D eigenvalue weighted by molar-refractivity contribution is 5.80. The SMILES string of the molecule is Cc1cc(O)c2[nH]c(=O)c(=O)[nH]c2c1. The van der Waals surface area contributed by atoms with Gasteiger partial charge in [0.15, 0.2) is 0 Å². The van der Waals surface area contributed by atoms with Crippen LogP contribution in [0, 0.1) is 6.92 Å². The van der Waals surface area contributed by atoms with Gasteiger partial charge < -0.3 is 15.1 Å². The molecule has 0 aliphatic carbocycles. The maximum atomic E-state index is 11.0. The Morgan fingerprint density at radius 1 is 1.14 bits per heavy atom. The van der Waals surface area contributed by atoms with Crippen LogP contribution < -0.4 is 11.1 Å². The van der Waals surface area contributed by atoms with Crippen molar-refractivity contribution in [1.29, 1.82) is 0 Å². The zero-order valence-corrected chi connectivity index (χ0v) is 7.42. The molecular formula is C9H8N2O3. The molecule has 0 bridgehead atoms. The fraction of sp³-hybridized carbons (Fsp3) is 0.111. The van der Waals surface area contributed by atoms with Crippen LogP contribution in [0.2, 0.25) is 0 Å². The van der Waals surface area contributed by atoms with E-state index in [0.29, 0.717) is 5.52 Å². The highest BCUT2D eigenvalue weighted by Gasteiger charge is 2.04. The van der Waals surface area contributed by atoms with Crippen LogP contribution in [0.25, 0.3) is 11.0 Å². The molecule has 1 heterocycles. The lowest BCUT2D eigenvalue weighted by Crippen LogP contribution is -2.28. The zero-order valence-electron chi connectivity index (χ0n) is 7.42. The van der Waals surface area contributed by atoms with Crippen LogP contribution >= 0.6 is 0 Å². The maximum Gasteiger partial charge on any atom is 0.314 e. The van der Waals surface area contributed by atoms with Crippen LogP contribution in [0.15, 0.2) is 21.7 Å². The number of nitrogens with one attached hydrogen (secondary N) is 2. The molecule has 14 heavy (non-hydrogen) atoms. The highest BCUT2D eigenvalue weighted by atomic mass is 16.3. The molecule has 0 aliphatic heterocycles. The Hall–Kier alpha value is -2.04. The van der Waals surface area contributed by atoms with Crippen LogP contribution in [-0.4, -0.2) is 15.1 Å². The molecule has 2 rings (SSSR count). The fourth-order valence-electron chi connectivity index (χ4n) is 1.35. The number of aromatic hydroxyl groups is 1. The molecule has 1 aromatic carbocycles. The standard InChI is InChI=1S/C9H8N2O3/c1-4-2-5-7(6(12)3-4)11-9(14)8(13)10-5/h2-3,12H,1H3,(H,10,13)(H,11,14). The summed E-state index contributed by atoms with van der Waals surface area (Å²) in [5.41, 5.74) is -0.0100. The van der Waals surface area contributed by atoms with Gasteiger partial charge in [-0.15, -0.1) is 0 Å². The van der Waals surface area contributed by atoms with Gasteiger partial charge in [0.25, 0.3) is 0 Å². The van der Waals surface area contributed by atoms with Gasteiger partial charge >= 0.3 is 11.1 Å². The Kier molecular flexibility index (Phi) is 1.67. The topological polar surface area (TPSA) is 85.9 Å². The molecule has 0 atom stereocenters. The van der Waals surface area contributed by atoms with E-state index in [1.807, 2.05) is 0 Å². The Bertz CT molecular complexity index is 609. The van der Waals surface area contributed by atoms with E-state index in [9.17, 15) is 14.7 Å². The predicted molar refractivity (Wildman–Crippen MR) is 51.6 cm³/mol. The lowest BCUT2D eigenvalue weighted by molar-refractivity contribution is 0.479. The first-order valence-corrected chi connectivity index (χ1v) is 4.04. The van der Waals surface area contributed by atoms with Gasteiger partial charge in [0, 0.05) is 0 Å². The molecule has 3 N–H and O–H groups in total. The van der Waals surface area contributed by atoms with Gasteiger partial charge in [-0.25, -0.2) is 0 Å². The zero-order chi connectivity index (χ0) is 10.3. The number of hydrogen-bond acceptors (Lipinski definition) is 3. The molecular weight excluding hydrogens is 184 g/mol. The normalized spacial score (nSPS) is 10.6. The summed E-state index contributed by atoms with van der Waals surface area (Å²) in [5, 5.41) is 9.48. The Balaban J connectivity index is 3.03. The van der Waals surface area contributed by atoms with Crippen molar-refractivity contribution < 1.29 is 5.11 Å². The molecule has 0 spiro atoms. The number of aromatic nitrogens is 2. The van der Waals surface area contributed by atoms with Gasteiger partial charge in [0.2, 0.25) is 0 Å². The van der Waals surface area contributed by atoms with E-state index in [1.54, 1.807) is 13.0 Å². The van der Waals surface area contributed by atoms with Crippen molar-refractivity contribution in [1.82, 2.24) is 9.97 Å². The summed E-state index contributed by atoms with van der Waals surface area (Å²) in [6, 6.07) is 3.18. The Labute approximate surface area is 78.0 Å². The molecule has 0 aliphatic rings. The number of fused-ring (bicyclic) bond motifs is 1. The number of rotatable bonds is 0. The van der Waals surface area contributed by atoms with Crippen LogP contribution in [0.5, 0.6) is 5.75 Å². The summed E-state index contributed by atoms with van der Waals surface area (Å²) >= 11 is 0. The Morgan fingerprint density at radius 2 is 1.79 bits per heavy atom. The molecule has 0 radical (unpaired) electrons. The van der Waals surface area contributed by atoms with Gasteiger partial charge in [-0.2, -0.15) is 0 Å². The second-order valence-electron chi connectivity index (χ2n) is 3.11. The van der Waals surface area contributed by atoms with Gasteiger partial charge in [0.1, 0.15) is 11.3 Å². The van der Waals surface area contributed by atoms with Crippen molar-refractivity contribution in [3.8, 4) is 5.75 Å². The maximum absolute atomic E-state index is 11.0. The van der Waals surface area contributed by atoms with Crippen molar-refractivity contribution in [3.05, 3.63) is 38.4 Å².